The number of aryl methyl sites for hydroxylation is 1. The first-order valence-electron chi connectivity index (χ1n) is 5.74. The molecule has 2 aromatic rings. The molecule has 0 spiro atoms. The van der Waals surface area contributed by atoms with Crippen molar-refractivity contribution in [2.45, 2.75) is 38.6 Å². The van der Waals surface area contributed by atoms with E-state index >= 15 is 0 Å². The molecule has 6 heteroatoms. The van der Waals surface area contributed by atoms with Crippen LogP contribution in [0.1, 0.15) is 41.7 Å². The van der Waals surface area contributed by atoms with Crippen molar-refractivity contribution in [3.63, 3.8) is 0 Å². The molecule has 1 aliphatic rings. The summed E-state index contributed by atoms with van der Waals surface area (Å²) in [5.74, 6) is 2.61. The lowest BCUT2D eigenvalue weighted by molar-refractivity contribution is 0.399. The molecule has 17 heavy (non-hydrogen) atoms. The standard InChI is InChI=1S/C11H13BrN4S/c1-7-14-11(8-3-2-4-8)15-16(7)6-10-9(12)5-13-17-10/h5,8H,2-4,6H2,1H3. The Morgan fingerprint density at radius 2 is 2.35 bits per heavy atom. The van der Waals surface area contributed by atoms with Crippen molar-refractivity contribution in [1.29, 1.82) is 0 Å². The van der Waals surface area contributed by atoms with E-state index in [1.165, 1.54) is 35.7 Å². The van der Waals surface area contributed by atoms with Crippen LogP contribution in [0.5, 0.6) is 0 Å². The van der Waals surface area contributed by atoms with E-state index in [2.05, 4.69) is 30.4 Å². The van der Waals surface area contributed by atoms with Crippen LogP contribution >= 0.6 is 27.5 Å². The Kier molecular flexibility index (Phi) is 3.00. The molecule has 1 aliphatic carbocycles. The Bertz CT molecular complexity index is 529. The Labute approximate surface area is 112 Å². The van der Waals surface area contributed by atoms with Gasteiger partial charge in [0.2, 0.25) is 0 Å². The second-order valence-corrected chi connectivity index (χ2v) is 6.14. The number of halogens is 1. The van der Waals surface area contributed by atoms with Gasteiger partial charge in [-0.15, -0.1) is 0 Å². The third-order valence-electron chi connectivity index (χ3n) is 3.23. The predicted molar refractivity (Wildman–Crippen MR) is 70.3 cm³/mol. The fourth-order valence-corrected chi connectivity index (χ4v) is 3.11. The fraction of sp³-hybridized carbons (Fsp3) is 0.545. The van der Waals surface area contributed by atoms with E-state index in [0.29, 0.717) is 5.92 Å². The van der Waals surface area contributed by atoms with E-state index in [-0.39, 0.29) is 0 Å². The summed E-state index contributed by atoms with van der Waals surface area (Å²) in [6.45, 7) is 2.78. The number of aromatic nitrogens is 4. The van der Waals surface area contributed by atoms with Crippen LogP contribution in [0.3, 0.4) is 0 Å². The Morgan fingerprint density at radius 3 is 2.94 bits per heavy atom. The summed E-state index contributed by atoms with van der Waals surface area (Å²) in [4.78, 5) is 5.76. The van der Waals surface area contributed by atoms with E-state index in [0.717, 1.165) is 22.7 Å². The maximum absolute atomic E-state index is 4.61. The minimum Gasteiger partial charge on any atom is -0.245 e. The molecule has 0 amide bonds. The molecule has 1 saturated carbocycles. The van der Waals surface area contributed by atoms with Crippen molar-refractivity contribution < 1.29 is 0 Å². The molecule has 90 valence electrons. The zero-order valence-corrected chi connectivity index (χ0v) is 12.0. The summed E-state index contributed by atoms with van der Waals surface area (Å²) in [5, 5.41) is 4.61. The molecule has 0 atom stereocenters. The molecule has 0 saturated heterocycles. The van der Waals surface area contributed by atoms with Gasteiger partial charge in [-0.3, -0.25) is 0 Å². The van der Waals surface area contributed by atoms with Crippen molar-refractivity contribution in [2.75, 3.05) is 0 Å². The van der Waals surface area contributed by atoms with E-state index in [4.69, 9.17) is 0 Å². The van der Waals surface area contributed by atoms with Gasteiger partial charge in [0.25, 0.3) is 0 Å². The maximum atomic E-state index is 4.61. The number of hydrogen-bond acceptors (Lipinski definition) is 4. The SMILES string of the molecule is Cc1nc(C2CCC2)nn1Cc1sncc1Br. The van der Waals surface area contributed by atoms with Gasteiger partial charge < -0.3 is 0 Å². The molecule has 3 rings (SSSR count). The Morgan fingerprint density at radius 1 is 1.53 bits per heavy atom. The van der Waals surface area contributed by atoms with E-state index < -0.39 is 0 Å². The number of rotatable bonds is 3. The van der Waals surface area contributed by atoms with Crippen molar-refractivity contribution in [3.05, 3.63) is 27.2 Å². The van der Waals surface area contributed by atoms with Gasteiger partial charge in [0.15, 0.2) is 5.82 Å². The molecule has 0 aliphatic heterocycles. The zero-order chi connectivity index (χ0) is 11.8. The summed E-state index contributed by atoms with van der Waals surface area (Å²) in [5.41, 5.74) is 0. The van der Waals surface area contributed by atoms with Crippen molar-refractivity contribution in [1.82, 2.24) is 19.1 Å². The Hall–Kier alpha value is -0.750. The second-order valence-electron chi connectivity index (χ2n) is 4.40. The van der Waals surface area contributed by atoms with Crippen LogP contribution in [0.4, 0.5) is 0 Å². The van der Waals surface area contributed by atoms with Crippen LogP contribution < -0.4 is 0 Å². The minimum atomic E-state index is 0.597. The lowest BCUT2D eigenvalue weighted by Gasteiger charge is -2.21. The molecule has 0 unspecified atom stereocenters. The van der Waals surface area contributed by atoms with Gasteiger partial charge in [0.05, 0.1) is 22.1 Å². The van der Waals surface area contributed by atoms with Gasteiger partial charge >= 0.3 is 0 Å². The quantitative estimate of drug-likeness (QED) is 0.874. The fourth-order valence-electron chi connectivity index (χ4n) is 1.92. The highest BCUT2D eigenvalue weighted by Gasteiger charge is 2.24. The van der Waals surface area contributed by atoms with Crippen molar-refractivity contribution in [2.24, 2.45) is 0 Å². The van der Waals surface area contributed by atoms with Gasteiger partial charge in [-0.05, 0) is 47.2 Å². The first-order chi connectivity index (χ1) is 8.24. The van der Waals surface area contributed by atoms with Crippen molar-refractivity contribution in [3.8, 4) is 0 Å². The molecule has 4 nitrogen and oxygen atoms in total. The summed E-state index contributed by atoms with van der Waals surface area (Å²) in [6.07, 6.45) is 5.64. The molecule has 2 heterocycles. The molecule has 0 aromatic carbocycles. The van der Waals surface area contributed by atoms with Crippen LogP contribution in [0.15, 0.2) is 10.7 Å². The van der Waals surface area contributed by atoms with Crippen LogP contribution in [0.2, 0.25) is 0 Å². The highest BCUT2D eigenvalue weighted by Crippen LogP contribution is 2.34. The van der Waals surface area contributed by atoms with Gasteiger partial charge in [-0.1, -0.05) is 6.42 Å². The van der Waals surface area contributed by atoms with Gasteiger partial charge in [0.1, 0.15) is 5.82 Å². The van der Waals surface area contributed by atoms with Gasteiger partial charge in [0, 0.05) is 5.92 Å². The highest BCUT2D eigenvalue weighted by molar-refractivity contribution is 9.10. The summed E-state index contributed by atoms with van der Waals surface area (Å²) >= 11 is 5.00. The highest BCUT2D eigenvalue weighted by atomic mass is 79.9. The van der Waals surface area contributed by atoms with Crippen LogP contribution in [0, 0.1) is 6.92 Å². The van der Waals surface area contributed by atoms with E-state index in [1.807, 2.05) is 17.8 Å². The van der Waals surface area contributed by atoms with E-state index in [9.17, 15) is 0 Å². The number of hydrogen-bond donors (Lipinski definition) is 0. The first-order valence-corrected chi connectivity index (χ1v) is 7.31. The third-order valence-corrected chi connectivity index (χ3v) is 4.96. The molecule has 0 bridgehead atoms. The first kappa shape index (κ1) is 11.3. The van der Waals surface area contributed by atoms with Crippen LogP contribution in [0.25, 0.3) is 0 Å². The summed E-state index contributed by atoms with van der Waals surface area (Å²) < 4.78 is 7.19. The van der Waals surface area contributed by atoms with Gasteiger partial charge in [-0.25, -0.2) is 9.67 Å². The molecule has 2 aromatic heterocycles. The maximum Gasteiger partial charge on any atom is 0.154 e. The molecular weight excluding hydrogens is 300 g/mol. The van der Waals surface area contributed by atoms with E-state index in [1.54, 1.807) is 0 Å². The molecule has 0 N–H and O–H groups in total. The minimum absolute atomic E-state index is 0.597. The normalized spacial score (nSPS) is 16.1. The second kappa shape index (κ2) is 4.49. The Balaban J connectivity index is 1.83. The lowest BCUT2D eigenvalue weighted by atomic mass is 9.85. The zero-order valence-electron chi connectivity index (χ0n) is 9.56. The van der Waals surface area contributed by atoms with Crippen LogP contribution in [-0.2, 0) is 6.54 Å². The predicted octanol–water partition coefficient (Wildman–Crippen LogP) is 3.12. The van der Waals surface area contributed by atoms with Crippen LogP contribution in [-0.4, -0.2) is 19.1 Å². The average molecular weight is 313 g/mol. The average Bonchev–Trinajstić information content (AvgIpc) is 2.74. The number of nitrogens with zero attached hydrogens (tertiary/aromatic N) is 4. The van der Waals surface area contributed by atoms with Crippen molar-refractivity contribution >= 4 is 27.5 Å². The molecule has 0 radical (unpaired) electrons. The monoisotopic (exact) mass is 312 g/mol. The summed E-state index contributed by atoms with van der Waals surface area (Å²) in [7, 11) is 0. The van der Waals surface area contributed by atoms with Gasteiger partial charge in [-0.2, -0.15) is 9.47 Å². The third kappa shape index (κ3) is 2.15. The topological polar surface area (TPSA) is 43.6 Å². The molecular formula is C11H13BrN4S. The lowest BCUT2D eigenvalue weighted by Crippen LogP contribution is -2.11. The smallest absolute Gasteiger partial charge is 0.154 e. The summed E-state index contributed by atoms with van der Waals surface area (Å²) in [6, 6.07) is 0. The molecule has 1 fully saturated rings. The largest absolute Gasteiger partial charge is 0.245 e.